The second kappa shape index (κ2) is 6.55. The second-order valence-electron chi connectivity index (χ2n) is 4.67. The highest BCUT2D eigenvalue weighted by molar-refractivity contribution is 9.10. The zero-order chi connectivity index (χ0) is 13.0. The van der Waals surface area contributed by atoms with E-state index in [0.29, 0.717) is 0 Å². The van der Waals surface area contributed by atoms with Gasteiger partial charge >= 0.3 is 0 Å². The van der Waals surface area contributed by atoms with Gasteiger partial charge in [-0.1, -0.05) is 15.9 Å². The summed E-state index contributed by atoms with van der Waals surface area (Å²) >= 11 is 3.57. The molecule has 0 spiro atoms. The molecule has 1 aromatic carbocycles. The fourth-order valence-electron chi connectivity index (χ4n) is 2.11. The van der Waals surface area contributed by atoms with Gasteiger partial charge in [-0.05, 0) is 37.1 Å². The van der Waals surface area contributed by atoms with Crippen LogP contribution in [0, 0.1) is 13.8 Å². The van der Waals surface area contributed by atoms with Crippen molar-refractivity contribution in [2.24, 2.45) is 0 Å². The van der Waals surface area contributed by atoms with Gasteiger partial charge in [-0.15, -0.1) is 0 Å². The number of morpholine rings is 1. The number of halogens is 1. The Labute approximate surface area is 117 Å². The van der Waals surface area contributed by atoms with Crippen molar-refractivity contribution in [3.05, 3.63) is 27.7 Å². The molecule has 0 saturated carbocycles. The van der Waals surface area contributed by atoms with Gasteiger partial charge in [0.25, 0.3) is 0 Å². The van der Waals surface area contributed by atoms with E-state index >= 15 is 0 Å². The molecule has 0 aliphatic carbocycles. The summed E-state index contributed by atoms with van der Waals surface area (Å²) < 4.78 is 12.3. The van der Waals surface area contributed by atoms with Crippen LogP contribution in [-0.4, -0.2) is 44.4 Å². The first-order valence-corrected chi connectivity index (χ1v) is 7.16. The summed E-state index contributed by atoms with van der Waals surface area (Å²) in [5.74, 6) is 0.960. The molecule has 0 bridgehead atoms. The molecule has 0 amide bonds. The van der Waals surface area contributed by atoms with Gasteiger partial charge in [0, 0.05) is 24.1 Å². The Morgan fingerprint density at radius 2 is 1.83 bits per heavy atom. The Kier molecular flexibility index (Phi) is 5.03. The van der Waals surface area contributed by atoms with Crippen molar-refractivity contribution in [2.45, 2.75) is 13.8 Å². The van der Waals surface area contributed by atoms with E-state index in [9.17, 15) is 0 Å². The van der Waals surface area contributed by atoms with Crippen LogP contribution in [0.5, 0.6) is 5.75 Å². The van der Waals surface area contributed by atoms with E-state index in [-0.39, 0.29) is 0 Å². The molecule has 0 N–H and O–H groups in total. The summed E-state index contributed by atoms with van der Waals surface area (Å²) in [6.07, 6.45) is 0. The molecule has 0 atom stereocenters. The highest BCUT2D eigenvalue weighted by Gasteiger charge is 2.10. The molecule has 4 heteroatoms. The van der Waals surface area contributed by atoms with Crippen LogP contribution >= 0.6 is 15.9 Å². The van der Waals surface area contributed by atoms with E-state index < -0.39 is 0 Å². The lowest BCUT2D eigenvalue weighted by atomic mass is 10.1. The summed E-state index contributed by atoms with van der Waals surface area (Å²) in [6.45, 7) is 9.60. The molecule has 1 heterocycles. The first-order chi connectivity index (χ1) is 8.66. The lowest BCUT2D eigenvalue weighted by Crippen LogP contribution is -2.38. The number of aryl methyl sites for hydroxylation is 2. The second-order valence-corrected chi connectivity index (χ2v) is 5.47. The van der Waals surface area contributed by atoms with Crippen molar-refractivity contribution < 1.29 is 9.47 Å². The fourth-order valence-corrected chi connectivity index (χ4v) is 2.34. The van der Waals surface area contributed by atoms with Gasteiger partial charge in [0.15, 0.2) is 0 Å². The standard InChI is InChI=1S/C14H20BrNO2/c1-11-9-13(10-12(2)14(11)15)18-8-5-16-3-6-17-7-4-16/h9-10H,3-8H2,1-2H3. The van der Waals surface area contributed by atoms with Gasteiger partial charge in [-0.3, -0.25) is 4.90 Å². The highest BCUT2D eigenvalue weighted by Crippen LogP contribution is 2.26. The first kappa shape index (κ1) is 13.8. The van der Waals surface area contributed by atoms with Crippen LogP contribution in [0.2, 0.25) is 0 Å². The molecule has 1 aliphatic rings. The third kappa shape index (κ3) is 3.70. The maximum atomic E-state index is 5.82. The SMILES string of the molecule is Cc1cc(OCCN2CCOCC2)cc(C)c1Br. The van der Waals surface area contributed by atoms with Crippen molar-refractivity contribution in [1.82, 2.24) is 4.90 Å². The number of hydrogen-bond acceptors (Lipinski definition) is 3. The molecule has 2 rings (SSSR count). The Hall–Kier alpha value is -0.580. The minimum absolute atomic E-state index is 0.737. The highest BCUT2D eigenvalue weighted by atomic mass is 79.9. The molecule has 0 aromatic heterocycles. The van der Waals surface area contributed by atoms with E-state index in [2.05, 4.69) is 46.8 Å². The van der Waals surface area contributed by atoms with Crippen LogP contribution in [0.1, 0.15) is 11.1 Å². The van der Waals surface area contributed by atoms with Gasteiger partial charge in [0.1, 0.15) is 12.4 Å². The molecule has 1 fully saturated rings. The van der Waals surface area contributed by atoms with Gasteiger partial charge < -0.3 is 9.47 Å². The van der Waals surface area contributed by atoms with Crippen LogP contribution in [0.3, 0.4) is 0 Å². The smallest absolute Gasteiger partial charge is 0.119 e. The minimum atomic E-state index is 0.737. The van der Waals surface area contributed by atoms with E-state index in [1.807, 2.05) is 0 Å². The molecule has 0 radical (unpaired) electrons. The van der Waals surface area contributed by atoms with Gasteiger partial charge in [-0.2, -0.15) is 0 Å². The Balaban J connectivity index is 1.82. The predicted octanol–water partition coefficient (Wildman–Crippen LogP) is 2.78. The third-order valence-corrected chi connectivity index (χ3v) is 4.44. The normalized spacial score (nSPS) is 16.8. The molecular formula is C14H20BrNO2. The molecule has 1 aliphatic heterocycles. The minimum Gasteiger partial charge on any atom is -0.492 e. The third-order valence-electron chi connectivity index (χ3n) is 3.19. The molecule has 1 saturated heterocycles. The number of rotatable bonds is 4. The largest absolute Gasteiger partial charge is 0.492 e. The zero-order valence-corrected chi connectivity index (χ0v) is 12.6. The lowest BCUT2D eigenvalue weighted by Gasteiger charge is -2.26. The van der Waals surface area contributed by atoms with Crippen LogP contribution in [0.25, 0.3) is 0 Å². The van der Waals surface area contributed by atoms with E-state index in [4.69, 9.17) is 9.47 Å². The zero-order valence-electron chi connectivity index (χ0n) is 11.0. The van der Waals surface area contributed by atoms with Gasteiger partial charge in [-0.25, -0.2) is 0 Å². The van der Waals surface area contributed by atoms with Gasteiger partial charge in [0.2, 0.25) is 0 Å². The lowest BCUT2D eigenvalue weighted by molar-refractivity contribution is 0.0322. The molecule has 0 unspecified atom stereocenters. The van der Waals surface area contributed by atoms with E-state index in [1.54, 1.807) is 0 Å². The summed E-state index contributed by atoms with van der Waals surface area (Å²) in [5.41, 5.74) is 2.44. The van der Waals surface area contributed by atoms with E-state index in [1.165, 1.54) is 15.6 Å². The van der Waals surface area contributed by atoms with Crippen LogP contribution < -0.4 is 4.74 Å². The average Bonchev–Trinajstić information content (AvgIpc) is 2.37. The monoisotopic (exact) mass is 313 g/mol. The van der Waals surface area contributed by atoms with Crippen molar-refractivity contribution in [3.8, 4) is 5.75 Å². The molecular weight excluding hydrogens is 294 g/mol. The summed E-state index contributed by atoms with van der Waals surface area (Å²) in [5, 5.41) is 0. The predicted molar refractivity (Wildman–Crippen MR) is 76.4 cm³/mol. The van der Waals surface area contributed by atoms with Crippen LogP contribution in [0.15, 0.2) is 16.6 Å². The molecule has 18 heavy (non-hydrogen) atoms. The van der Waals surface area contributed by atoms with Crippen molar-refractivity contribution in [3.63, 3.8) is 0 Å². The molecule has 100 valence electrons. The number of benzene rings is 1. The average molecular weight is 314 g/mol. The van der Waals surface area contributed by atoms with E-state index in [0.717, 1.165) is 45.2 Å². The maximum absolute atomic E-state index is 5.82. The quantitative estimate of drug-likeness (QED) is 0.853. The van der Waals surface area contributed by atoms with Crippen molar-refractivity contribution >= 4 is 15.9 Å². The molecule has 1 aromatic rings. The van der Waals surface area contributed by atoms with Crippen LogP contribution in [0.4, 0.5) is 0 Å². The number of hydrogen-bond donors (Lipinski definition) is 0. The Morgan fingerprint density at radius 1 is 1.22 bits per heavy atom. The molecule has 3 nitrogen and oxygen atoms in total. The number of nitrogens with zero attached hydrogens (tertiary/aromatic N) is 1. The summed E-state index contributed by atoms with van der Waals surface area (Å²) in [7, 11) is 0. The summed E-state index contributed by atoms with van der Waals surface area (Å²) in [6, 6.07) is 4.16. The topological polar surface area (TPSA) is 21.7 Å². The Bertz CT molecular complexity index is 380. The maximum Gasteiger partial charge on any atom is 0.119 e. The van der Waals surface area contributed by atoms with Crippen molar-refractivity contribution in [1.29, 1.82) is 0 Å². The van der Waals surface area contributed by atoms with Gasteiger partial charge in [0.05, 0.1) is 13.2 Å². The number of ether oxygens (including phenoxy) is 2. The summed E-state index contributed by atoms with van der Waals surface area (Å²) in [4.78, 5) is 2.38. The fraction of sp³-hybridized carbons (Fsp3) is 0.571. The first-order valence-electron chi connectivity index (χ1n) is 6.36. The Morgan fingerprint density at radius 3 is 2.44 bits per heavy atom. The van der Waals surface area contributed by atoms with Crippen molar-refractivity contribution in [2.75, 3.05) is 39.5 Å². The van der Waals surface area contributed by atoms with Crippen LogP contribution in [-0.2, 0) is 4.74 Å².